The number of ether oxygens (including phenoxy) is 3. The van der Waals surface area contributed by atoms with Crippen LogP contribution in [0.5, 0.6) is 5.75 Å². The summed E-state index contributed by atoms with van der Waals surface area (Å²) in [5, 5.41) is 12.2. The molecule has 2 N–H and O–H groups in total. The van der Waals surface area contributed by atoms with Gasteiger partial charge in [0.15, 0.2) is 5.12 Å². The molecular weight excluding hydrogens is 530 g/mol. The van der Waals surface area contributed by atoms with Crippen LogP contribution in [0.4, 0.5) is 0 Å². The van der Waals surface area contributed by atoms with Gasteiger partial charge in [-0.3, -0.25) is 19.2 Å². The van der Waals surface area contributed by atoms with Crippen molar-refractivity contribution in [2.75, 3.05) is 12.4 Å². The Kier molecular flexibility index (Phi) is 11.6. The Hall–Kier alpha value is -3.44. The van der Waals surface area contributed by atoms with E-state index in [0.717, 1.165) is 17.3 Å². The smallest absolute Gasteiger partial charge is 0.313 e. The van der Waals surface area contributed by atoms with Gasteiger partial charge in [-0.2, -0.15) is 0 Å². The quantitative estimate of drug-likeness (QED) is 0.224. The van der Waals surface area contributed by atoms with Gasteiger partial charge in [-0.25, -0.2) is 0 Å². The minimum absolute atomic E-state index is 0.0754. The zero-order chi connectivity index (χ0) is 27.3. The SMILES string of the molecule is O=C(O)CC1CC(=O)OC(=O)CC1CC(=O)SCC(COc1ccccc1)OC(=S)NCc1ccccc1. The van der Waals surface area contributed by atoms with Crippen LogP contribution in [0.25, 0.3) is 0 Å². The van der Waals surface area contributed by atoms with E-state index in [1.807, 2.05) is 48.5 Å². The molecule has 0 aromatic heterocycles. The van der Waals surface area contributed by atoms with Crippen LogP contribution in [0.15, 0.2) is 60.7 Å². The Bertz CT molecular complexity index is 1110. The van der Waals surface area contributed by atoms with Crippen LogP contribution in [-0.2, 0) is 35.2 Å². The van der Waals surface area contributed by atoms with E-state index in [9.17, 15) is 24.3 Å². The molecule has 11 heteroatoms. The first-order valence-electron chi connectivity index (χ1n) is 12.1. The third-order valence-electron chi connectivity index (χ3n) is 5.78. The summed E-state index contributed by atoms with van der Waals surface area (Å²) in [5.74, 6) is -3.06. The minimum Gasteiger partial charge on any atom is -0.490 e. The van der Waals surface area contributed by atoms with E-state index < -0.39 is 35.8 Å². The largest absolute Gasteiger partial charge is 0.490 e. The fourth-order valence-corrected chi connectivity index (χ4v) is 4.99. The van der Waals surface area contributed by atoms with Gasteiger partial charge in [0.1, 0.15) is 18.5 Å². The van der Waals surface area contributed by atoms with Crippen LogP contribution in [-0.4, -0.2) is 51.8 Å². The number of nitrogens with one attached hydrogen (secondary N) is 1. The first-order valence-corrected chi connectivity index (χ1v) is 13.4. The molecule has 0 aliphatic carbocycles. The molecule has 0 amide bonds. The second-order valence-electron chi connectivity index (χ2n) is 8.75. The van der Waals surface area contributed by atoms with E-state index in [4.69, 9.17) is 21.7 Å². The molecule has 1 saturated heterocycles. The van der Waals surface area contributed by atoms with Crippen molar-refractivity contribution in [3.63, 3.8) is 0 Å². The lowest BCUT2D eigenvalue weighted by Crippen LogP contribution is -2.33. The molecule has 0 spiro atoms. The van der Waals surface area contributed by atoms with Crippen molar-refractivity contribution in [1.29, 1.82) is 0 Å². The molecular formula is C27H29NO8S2. The van der Waals surface area contributed by atoms with Crippen molar-refractivity contribution < 1.29 is 38.5 Å². The first-order chi connectivity index (χ1) is 18.3. The summed E-state index contributed by atoms with van der Waals surface area (Å²) in [6.45, 7) is 0.600. The molecule has 202 valence electrons. The van der Waals surface area contributed by atoms with Gasteiger partial charge in [0.2, 0.25) is 0 Å². The number of rotatable bonds is 12. The number of benzene rings is 2. The number of thioether (sulfide) groups is 1. The highest BCUT2D eigenvalue weighted by molar-refractivity contribution is 8.13. The minimum atomic E-state index is -1.11. The molecule has 0 saturated carbocycles. The Morgan fingerprint density at radius 3 is 2.24 bits per heavy atom. The highest BCUT2D eigenvalue weighted by Gasteiger charge is 2.35. The van der Waals surface area contributed by atoms with E-state index in [-0.39, 0.29) is 48.3 Å². The molecule has 2 aromatic rings. The summed E-state index contributed by atoms with van der Waals surface area (Å²) in [6.07, 6.45) is -1.40. The molecule has 0 radical (unpaired) electrons. The maximum atomic E-state index is 12.9. The third kappa shape index (κ3) is 10.5. The van der Waals surface area contributed by atoms with E-state index in [2.05, 4.69) is 10.1 Å². The van der Waals surface area contributed by atoms with Crippen LogP contribution < -0.4 is 10.1 Å². The molecule has 1 aliphatic rings. The average Bonchev–Trinajstić information content (AvgIpc) is 3.01. The number of esters is 2. The Balaban J connectivity index is 1.58. The van der Waals surface area contributed by atoms with Crippen molar-refractivity contribution in [2.45, 2.75) is 38.3 Å². The molecule has 1 heterocycles. The van der Waals surface area contributed by atoms with Crippen LogP contribution in [0, 0.1) is 11.8 Å². The van der Waals surface area contributed by atoms with Gasteiger partial charge in [0.05, 0.1) is 0 Å². The topological polar surface area (TPSA) is 128 Å². The van der Waals surface area contributed by atoms with Gasteiger partial charge in [0, 0.05) is 38.0 Å². The first kappa shape index (κ1) is 29.1. The van der Waals surface area contributed by atoms with E-state index in [1.54, 1.807) is 12.1 Å². The van der Waals surface area contributed by atoms with Crippen LogP contribution >= 0.6 is 24.0 Å². The molecule has 9 nitrogen and oxygen atoms in total. The van der Waals surface area contributed by atoms with Crippen molar-refractivity contribution in [1.82, 2.24) is 5.32 Å². The lowest BCUT2D eigenvalue weighted by atomic mass is 9.83. The number of cyclic esters (lactones) is 2. The fraction of sp³-hybridized carbons (Fsp3) is 0.370. The van der Waals surface area contributed by atoms with Crippen LogP contribution in [0.3, 0.4) is 0 Å². The van der Waals surface area contributed by atoms with Crippen LogP contribution in [0.1, 0.15) is 31.2 Å². The molecule has 0 bridgehead atoms. The Morgan fingerprint density at radius 1 is 1.00 bits per heavy atom. The number of carboxylic acid groups (broad SMARTS) is 1. The number of carboxylic acids is 1. The second kappa shape index (κ2) is 15.1. The van der Waals surface area contributed by atoms with Crippen molar-refractivity contribution in [2.24, 2.45) is 11.8 Å². The summed E-state index contributed by atoms with van der Waals surface area (Å²) in [5.41, 5.74) is 1.02. The maximum Gasteiger partial charge on any atom is 0.313 e. The standard InChI is InChI=1S/C27H29NO8S2/c29-23(30)11-19-12-24(31)36-25(32)13-20(19)14-26(33)38-17-22(16-34-21-9-5-2-6-10-21)35-27(37)28-15-18-7-3-1-4-8-18/h1-10,19-20,22H,11-17H2,(H,28,37)(H,29,30). The summed E-state index contributed by atoms with van der Waals surface area (Å²) in [4.78, 5) is 47.8. The van der Waals surface area contributed by atoms with Gasteiger partial charge in [-0.1, -0.05) is 60.3 Å². The summed E-state index contributed by atoms with van der Waals surface area (Å²) in [7, 11) is 0. The predicted octanol–water partition coefficient (Wildman–Crippen LogP) is 3.75. The number of carbonyl (C=O) groups is 4. The highest BCUT2D eigenvalue weighted by Crippen LogP contribution is 2.32. The van der Waals surface area contributed by atoms with Gasteiger partial charge in [-0.15, -0.1) is 0 Å². The zero-order valence-corrected chi connectivity index (χ0v) is 22.2. The van der Waals surface area contributed by atoms with Gasteiger partial charge < -0.3 is 24.6 Å². The number of hydrogen-bond acceptors (Lipinski definition) is 9. The van der Waals surface area contributed by atoms with E-state index >= 15 is 0 Å². The zero-order valence-electron chi connectivity index (χ0n) is 20.6. The number of para-hydroxylation sites is 1. The summed E-state index contributed by atoms with van der Waals surface area (Å²) >= 11 is 6.33. The maximum absolute atomic E-state index is 12.9. The molecule has 3 atom stereocenters. The highest BCUT2D eigenvalue weighted by atomic mass is 32.2. The lowest BCUT2D eigenvalue weighted by molar-refractivity contribution is -0.158. The molecule has 38 heavy (non-hydrogen) atoms. The lowest BCUT2D eigenvalue weighted by Gasteiger charge is -2.22. The summed E-state index contributed by atoms with van der Waals surface area (Å²) in [6, 6.07) is 18.8. The number of carbonyl (C=O) groups excluding carboxylic acids is 3. The second-order valence-corrected chi connectivity index (χ2v) is 10.2. The van der Waals surface area contributed by atoms with Crippen molar-refractivity contribution in [3.8, 4) is 5.75 Å². The molecule has 3 unspecified atom stereocenters. The van der Waals surface area contributed by atoms with Gasteiger partial charge in [-0.05, 0) is 41.7 Å². The fourth-order valence-electron chi connectivity index (χ4n) is 3.92. The monoisotopic (exact) mass is 559 g/mol. The Labute approximate surface area is 230 Å². The molecule has 1 fully saturated rings. The van der Waals surface area contributed by atoms with Gasteiger partial charge >= 0.3 is 17.9 Å². The molecule has 2 aromatic carbocycles. The third-order valence-corrected chi connectivity index (χ3v) is 7.05. The Morgan fingerprint density at radius 2 is 1.61 bits per heavy atom. The van der Waals surface area contributed by atoms with Crippen LogP contribution in [0.2, 0.25) is 0 Å². The van der Waals surface area contributed by atoms with Gasteiger partial charge in [0.25, 0.3) is 5.17 Å². The van der Waals surface area contributed by atoms with E-state index in [1.165, 1.54) is 0 Å². The molecule has 3 rings (SSSR count). The van der Waals surface area contributed by atoms with Crippen molar-refractivity contribution in [3.05, 3.63) is 66.2 Å². The normalized spacial score (nSPS) is 18.0. The number of thiocarbonyl (C=S) groups is 1. The number of aliphatic carboxylic acids is 1. The van der Waals surface area contributed by atoms with Crippen molar-refractivity contribution >= 4 is 52.2 Å². The summed E-state index contributed by atoms with van der Waals surface area (Å²) < 4.78 is 16.4. The number of hydrogen-bond donors (Lipinski definition) is 2. The average molecular weight is 560 g/mol. The van der Waals surface area contributed by atoms with E-state index in [0.29, 0.717) is 12.3 Å². The molecule has 1 aliphatic heterocycles. The predicted molar refractivity (Wildman–Crippen MR) is 144 cm³/mol.